The molecular weight excluding hydrogens is 236 g/mol. The lowest BCUT2D eigenvalue weighted by atomic mass is 10.00. The van der Waals surface area contributed by atoms with Gasteiger partial charge in [0.1, 0.15) is 0 Å². The number of hydrogen-bond donors (Lipinski definition) is 1. The van der Waals surface area contributed by atoms with Crippen LogP contribution in [0.3, 0.4) is 0 Å². The molecule has 106 valence electrons. The number of benzene rings is 1. The van der Waals surface area contributed by atoms with Gasteiger partial charge in [-0.2, -0.15) is 0 Å². The molecular formula is C16H26N2O. The van der Waals surface area contributed by atoms with Gasteiger partial charge in [0.05, 0.1) is 6.61 Å². The average Bonchev–Trinajstić information content (AvgIpc) is 2.39. The summed E-state index contributed by atoms with van der Waals surface area (Å²) in [4.78, 5) is 2.41. The third-order valence-electron chi connectivity index (χ3n) is 3.73. The molecule has 0 amide bonds. The van der Waals surface area contributed by atoms with Gasteiger partial charge >= 0.3 is 0 Å². The fourth-order valence-corrected chi connectivity index (χ4v) is 2.56. The number of fused-ring (bicyclic) bond motifs is 1. The first kappa shape index (κ1) is 14.2. The highest BCUT2D eigenvalue weighted by Gasteiger charge is 2.17. The van der Waals surface area contributed by atoms with E-state index in [-0.39, 0.29) is 0 Å². The lowest BCUT2D eigenvalue weighted by Crippen LogP contribution is -2.33. The summed E-state index contributed by atoms with van der Waals surface area (Å²) < 4.78 is 5.72. The molecule has 0 unspecified atom stereocenters. The van der Waals surface area contributed by atoms with E-state index in [4.69, 9.17) is 10.5 Å². The van der Waals surface area contributed by atoms with E-state index in [1.165, 1.54) is 17.7 Å². The van der Waals surface area contributed by atoms with E-state index in [1.54, 1.807) is 0 Å². The second-order valence-electron chi connectivity index (χ2n) is 5.73. The van der Waals surface area contributed by atoms with Gasteiger partial charge in [0, 0.05) is 31.1 Å². The second-order valence-corrected chi connectivity index (χ2v) is 5.73. The average molecular weight is 262 g/mol. The molecule has 3 nitrogen and oxygen atoms in total. The van der Waals surface area contributed by atoms with Crippen LogP contribution in [0.5, 0.6) is 0 Å². The number of ether oxygens (including phenoxy) is 1. The fraction of sp³-hybridized carbons (Fsp3) is 0.625. The van der Waals surface area contributed by atoms with Gasteiger partial charge in [0.15, 0.2) is 0 Å². The smallest absolute Gasteiger partial charge is 0.0641 e. The van der Waals surface area contributed by atoms with E-state index < -0.39 is 0 Å². The molecule has 0 spiro atoms. The number of nitrogens with two attached hydrogens (primary N) is 1. The van der Waals surface area contributed by atoms with Gasteiger partial charge in [0.25, 0.3) is 0 Å². The molecule has 3 heteroatoms. The van der Waals surface area contributed by atoms with E-state index in [9.17, 15) is 0 Å². The van der Waals surface area contributed by atoms with E-state index in [0.717, 1.165) is 50.8 Å². The van der Waals surface area contributed by atoms with Crippen molar-refractivity contribution in [1.82, 2.24) is 0 Å². The predicted molar refractivity (Wildman–Crippen MR) is 81.7 cm³/mol. The summed E-state index contributed by atoms with van der Waals surface area (Å²) >= 11 is 0. The zero-order chi connectivity index (χ0) is 13.7. The quantitative estimate of drug-likeness (QED) is 0.632. The van der Waals surface area contributed by atoms with Crippen molar-refractivity contribution < 1.29 is 4.74 Å². The number of nitrogens with zero attached hydrogens (tertiary/aromatic N) is 1. The molecule has 0 saturated heterocycles. The van der Waals surface area contributed by atoms with Crippen molar-refractivity contribution in [2.24, 2.45) is 5.92 Å². The maximum Gasteiger partial charge on any atom is 0.0641 e. The molecule has 1 aromatic rings. The van der Waals surface area contributed by atoms with Crippen LogP contribution in [0.15, 0.2) is 18.2 Å². The zero-order valence-corrected chi connectivity index (χ0v) is 12.2. The van der Waals surface area contributed by atoms with Crippen LogP contribution in [0, 0.1) is 5.92 Å². The van der Waals surface area contributed by atoms with Gasteiger partial charge in [-0.15, -0.1) is 0 Å². The first-order valence-electron chi connectivity index (χ1n) is 7.38. The molecule has 0 fully saturated rings. The van der Waals surface area contributed by atoms with Gasteiger partial charge < -0.3 is 15.4 Å². The topological polar surface area (TPSA) is 38.5 Å². The van der Waals surface area contributed by atoms with Crippen molar-refractivity contribution in [2.45, 2.75) is 33.1 Å². The van der Waals surface area contributed by atoms with Gasteiger partial charge in [0.2, 0.25) is 0 Å². The van der Waals surface area contributed by atoms with E-state index in [2.05, 4.69) is 24.8 Å². The molecule has 0 radical (unpaired) electrons. The molecule has 2 N–H and O–H groups in total. The number of hydrogen-bond acceptors (Lipinski definition) is 3. The summed E-state index contributed by atoms with van der Waals surface area (Å²) in [6.45, 7) is 8.22. The Morgan fingerprint density at radius 3 is 2.95 bits per heavy atom. The molecule has 2 rings (SSSR count). The highest BCUT2D eigenvalue weighted by Crippen LogP contribution is 2.30. The lowest BCUT2D eigenvalue weighted by Gasteiger charge is -2.32. The molecule has 1 aliphatic rings. The second kappa shape index (κ2) is 6.80. The third-order valence-corrected chi connectivity index (χ3v) is 3.73. The van der Waals surface area contributed by atoms with Crippen LogP contribution in [0.25, 0.3) is 0 Å². The highest BCUT2D eigenvalue weighted by molar-refractivity contribution is 5.66. The normalized spacial score (nSPS) is 14.8. The van der Waals surface area contributed by atoms with Gasteiger partial charge in [-0.3, -0.25) is 0 Å². The van der Waals surface area contributed by atoms with Crippen molar-refractivity contribution in [3.63, 3.8) is 0 Å². The molecule has 1 aromatic carbocycles. The Kier molecular flexibility index (Phi) is 5.08. The number of nitrogen functional groups attached to an aromatic ring is 1. The Morgan fingerprint density at radius 2 is 2.16 bits per heavy atom. The lowest BCUT2D eigenvalue weighted by molar-refractivity contribution is 0.129. The van der Waals surface area contributed by atoms with E-state index >= 15 is 0 Å². The summed E-state index contributed by atoms with van der Waals surface area (Å²) in [6.07, 6.45) is 3.43. The van der Waals surface area contributed by atoms with Crippen molar-refractivity contribution in [2.75, 3.05) is 36.9 Å². The minimum Gasteiger partial charge on any atom is -0.398 e. The molecule has 0 aromatic heterocycles. The monoisotopic (exact) mass is 262 g/mol. The first-order chi connectivity index (χ1) is 9.18. The summed E-state index contributed by atoms with van der Waals surface area (Å²) in [5, 5.41) is 0. The molecule has 1 aliphatic heterocycles. The Labute approximate surface area is 116 Å². The highest BCUT2D eigenvalue weighted by atomic mass is 16.5. The van der Waals surface area contributed by atoms with Gasteiger partial charge in [-0.05, 0) is 42.9 Å². The van der Waals surface area contributed by atoms with Crippen LogP contribution in [-0.4, -0.2) is 26.3 Å². The minimum atomic E-state index is 0.718. The molecule has 19 heavy (non-hydrogen) atoms. The van der Waals surface area contributed by atoms with Crippen LogP contribution in [-0.2, 0) is 11.2 Å². The number of rotatable bonds is 6. The predicted octanol–water partition coefficient (Wildman–Crippen LogP) is 3.08. The maximum absolute atomic E-state index is 6.06. The molecule has 1 heterocycles. The summed E-state index contributed by atoms with van der Waals surface area (Å²) in [5.41, 5.74) is 9.61. The van der Waals surface area contributed by atoms with Crippen LogP contribution in [0.1, 0.15) is 32.3 Å². The standard InChI is InChI=1S/C16H26N2O/c1-13(2)8-11-19-12-10-18-9-4-5-14-15(17)6-3-7-16(14)18/h3,6-7,13H,4-5,8-12,17H2,1-2H3. The Hall–Kier alpha value is -1.22. The van der Waals surface area contributed by atoms with Crippen LogP contribution < -0.4 is 10.6 Å². The van der Waals surface area contributed by atoms with E-state index in [0.29, 0.717) is 0 Å². The van der Waals surface area contributed by atoms with Crippen LogP contribution in [0.2, 0.25) is 0 Å². The Balaban J connectivity index is 1.84. The van der Waals surface area contributed by atoms with Gasteiger partial charge in [-0.1, -0.05) is 19.9 Å². The van der Waals surface area contributed by atoms with Crippen molar-refractivity contribution in [1.29, 1.82) is 0 Å². The Morgan fingerprint density at radius 1 is 1.32 bits per heavy atom. The van der Waals surface area contributed by atoms with E-state index in [1.807, 2.05) is 12.1 Å². The molecule has 0 atom stereocenters. The molecule has 0 saturated carbocycles. The van der Waals surface area contributed by atoms with Crippen molar-refractivity contribution in [3.05, 3.63) is 23.8 Å². The SMILES string of the molecule is CC(C)CCOCCN1CCCc2c(N)cccc21. The van der Waals surface area contributed by atoms with Crippen LogP contribution in [0.4, 0.5) is 11.4 Å². The fourth-order valence-electron chi connectivity index (χ4n) is 2.56. The molecule has 0 bridgehead atoms. The largest absolute Gasteiger partial charge is 0.398 e. The summed E-state index contributed by atoms with van der Waals surface area (Å²) in [6, 6.07) is 6.23. The zero-order valence-electron chi connectivity index (χ0n) is 12.2. The first-order valence-corrected chi connectivity index (χ1v) is 7.38. The Bertz CT molecular complexity index is 404. The van der Waals surface area contributed by atoms with Crippen molar-refractivity contribution in [3.8, 4) is 0 Å². The van der Waals surface area contributed by atoms with Crippen molar-refractivity contribution >= 4 is 11.4 Å². The number of anilines is 2. The van der Waals surface area contributed by atoms with Crippen LogP contribution >= 0.6 is 0 Å². The third kappa shape index (κ3) is 3.87. The summed E-state index contributed by atoms with van der Waals surface area (Å²) in [5.74, 6) is 0.718. The molecule has 0 aliphatic carbocycles. The van der Waals surface area contributed by atoms with Gasteiger partial charge in [-0.25, -0.2) is 0 Å². The minimum absolute atomic E-state index is 0.718. The maximum atomic E-state index is 6.06. The summed E-state index contributed by atoms with van der Waals surface area (Å²) in [7, 11) is 0.